The van der Waals surface area contributed by atoms with Crippen molar-refractivity contribution in [3.63, 3.8) is 0 Å². The first kappa shape index (κ1) is 23.3. The van der Waals surface area contributed by atoms with E-state index in [0.717, 1.165) is 12.1 Å². The highest BCUT2D eigenvalue weighted by Gasteiger charge is 2.31. The van der Waals surface area contributed by atoms with Gasteiger partial charge in [0.1, 0.15) is 5.82 Å². The number of hydrogen-bond donors (Lipinski definition) is 0. The van der Waals surface area contributed by atoms with Crippen LogP contribution in [-0.4, -0.2) is 47.0 Å². The van der Waals surface area contributed by atoms with E-state index in [1.165, 1.54) is 6.07 Å². The van der Waals surface area contributed by atoms with E-state index in [4.69, 9.17) is 23.2 Å². The Kier molecular flexibility index (Phi) is 6.50. The van der Waals surface area contributed by atoms with Gasteiger partial charge in [0.05, 0.1) is 15.6 Å². The van der Waals surface area contributed by atoms with Crippen LogP contribution < -0.4 is 4.90 Å². The van der Waals surface area contributed by atoms with Crippen molar-refractivity contribution in [1.82, 2.24) is 14.9 Å². The van der Waals surface area contributed by atoms with Crippen LogP contribution >= 0.6 is 23.2 Å². The normalized spacial score (nSPS) is 14.5. The highest BCUT2D eigenvalue weighted by atomic mass is 35.5. The van der Waals surface area contributed by atoms with Crippen molar-refractivity contribution in [2.45, 2.75) is 13.1 Å². The fourth-order valence-corrected chi connectivity index (χ4v) is 3.93. The number of aromatic nitrogens is 2. The van der Waals surface area contributed by atoms with Crippen LogP contribution in [0.15, 0.2) is 48.5 Å². The number of amides is 1. The molecule has 1 fully saturated rings. The summed E-state index contributed by atoms with van der Waals surface area (Å²) in [4.78, 5) is 25.4. The molecular weight excluding hydrogens is 476 g/mol. The molecule has 172 valence electrons. The minimum atomic E-state index is -4.44. The zero-order chi connectivity index (χ0) is 23.8. The Balaban J connectivity index is 1.50. The molecule has 1 aromatic heterocycles. The number of rotatable bonds is 3. The second-order valence-corrected chi connectivity index (χ2v) is 8.49. The SMILES string of the molecule is Cc1cc(N2CCN(C(=O)c3ccc(Cl)c(Cl)c3)CC2)nc(-c2cccc(C(F)(F)F)c2)n1. The van der Waals surface area contributed by atoms with Crippen LogP contribution in [0.5, 0.6) is 0 Å². The van der Waals surface area contributed by atoms with Gasteiger partial charge in [0.2, 0.25) is 0 Å². The Labute approximate surface area is 198 Å². The number of aryl methyl sites for hydroxylation is 1. The summed E-state index contributed by atoms with van der Waals surface area (Å²) in [5, 5.41) is 0.702. The third-order valence-corrected chi connectivity index (χ3v) is 6.09. The van der Waals surface area contributed by atoms with Crippen molar-refractivity contribution in [1.29, 1.82) is 0 Å². The minimum absolute atomic E-state index is 0.142. The molecule has 2 heterocycles. The molecule has 10 heteroatoms. The molecule has 4 rings (SSSR count). The number of benzene rings is 2. The van der Waals surface area contributed by atoms with E-state index in [9.17, 15) is 18.0 Å². The molecule has 0 atom stereocenters. The van der Waals surface area contributed by atoms with E-state index in [-0.39, 0.29) is 11.7 Å². The molecule has 1 aliphatic rings. The fraction of sp³-hybridized carbons (Fsp3) is 0.261. The first-order valence-corrected chi connectivity index (χ1v) is 10.9. The van der Waals surface area contributed by atoms with E-state index in [0.29, 0.717) is 58.9 Å². The van der Waals surface area contributed by atoms with E-state index >= 15 is 0 Å². The summed E-state index contributed by atoms with van der Waals surface area (Å²) in [7, 11) is 0. The number of anilines is 1. The summed E-state index contributed by atoms with van der Waals surface area (Å²) in [5.41, 5.74) is 0.647. The van der Waals surface area contributed by atoms with Crippen molar-refractivity contribution >= 4 is 34.9 Å². The Bertz CT molecular complexity index is 1190. The average Bonchev–Trinajstić information content (AvgIpc) is 2.79. The molecule has 0 saturated carbocycles. The first-order valence-electron chi connectivity index (χ1n) is 10.1. The van der Waals surface area contributed by atoms with E-state index < -0.39 is 11.7 Å². The molecule has 5 nitrogen and oxygen atoms in total. The zero-order valence-corrected chi connectivity index (χ0v) is 19.0. The number of carbonyl (C=O) groups excluding carboxylic acids is 1. The molecule has 0 bridgehead atoms. The number of carbonyl (C=O) groups is 1. The van der Waals surface area contributed by atoms with Gasteiger partial charge in [0.15, 0.2) is 5.82 Å². The predicted octanol–water partition coefficient (Wildman–Crippen LogP) is 5.74. The maximum Gasteiger partial charge on any atom is 0.416 e. The third kappa shape index (κ3) is 5.23. The molecule has 0 radical (unpaired) electrons. The summed E-state index contributed by atoms with van der Waals surface area (Å²) < 4.78 is 39.3. The van der Waals surface area contributed by atoms with Crippen molar-refractivity contribution in [2.75, 3.05) is 31.1 Å². The molecule has 1 saturated heterocycles. The highest BCUT2D eigenvalue weighted by molar-refractivity contribution is 6.42. The number of halogens is 5. The van der Waals surface area contributed by atoms with Crippen LogP contribution in [0.2, 0.25) is 10.0 Å². The van der Waals surface area contributed by atoms with E-state index in [1.807, 2.05) is 4.90 Å². The molecule has 1 aliphatic heterocycles. The van der Waals surface area contributed by atoms with Gasteiger partial charge in [-0.15, -0.1) is 0 Å². The van der Waals surface area contributed by atoms with Gasteiger partial charge in [-0.25, -0.2) is 9.97 Å². The van der Waals surface area contributed by atoms with Crippen LogP contribution in [0, 0.1) is 6.92 Å². The quantitative estimate of drug-likeness (QED) is 0.465. The van der Waals surface area contributed by atoms with Gasteiger partial charge in [0, 0.05) is 49.1 Å². The molecule has 2 aromatic carbocycles. The average molecular weight is 495 g/mol. The van der Waals surface area contributed by atoms with Crippen molar-refractivity contribution < 1.29 is 18.0 Å². The second kappa shape index (κ2) is 9.19. The predicted molar refractivity (Wildman–Crippen MR) is 122 cm³/mol. The maximum absolute atomic E-state index is 13.1. The lowest BCUT2D eigenvalue weighted by Gasteiger charge is -2.35. The first-order chi connectivity index (χ1) is 15.6. The molecule has 0 N–H and O–H groups in total. The molecule has 1 amide bonds. The van der Waals surface area contributed by atoms with Crippen LogP contribution in [-0.2, 0) is 6.18 Å². The highest BCUT2D eigenvalue weighted by Crippen LogP contribution is 2.32. The third-order valence-electron chi connectivity index (χ3n) is 5.35. The number of piperazine rings is 1. The van der Waals surface area contributed by atoms with Gasteiger partial charge in [-0.3, -0.25) is 4.79 Å². The Hall–Kier alpha value is -2.84. The number of nitrogens with zero attached hydrogens (tertiary/aromatic N) is 4. The lowest BCUT2D eigenvalue weighted by atomic mass is 10.1. The topological polar surface area (TPSA) is 49.3 Å². The van der Waals surface area contributed by atoms with Crippen LogP contribution in [0.4, 0.5) is 19.0 Å². The Morgan fingerprint density at radius 1 is 0.939 bits per heavy atom. The minimum Gasteiger partial charge on any atom is -0.353 e. The molecule has 0 aliphatic carbocycles. The summed E-state index contributed by atoms with van der Waals surface area (Å²) in [6, 6.07) is 11.5. The van der Waals surface area contributed by atoms with Crippen LogP contribution in [0.3, 0.4) is 0 Å². The molecule has 3 aromatic rings. The van der Waals surface area contributed by atoms with E-state index in [2.05, 4.69) is 9.97 Å². The maximum atomic E-state index is 13.1. The van der Waals surface area contributed by atoms with Gasteiger partial charge in [-0.05, 0) is 37.3 Å². The van der Waals surface area contributed by atoms with Crippen LogP contribution in [0.25, 0.3) is 11.4 Å². The van der Waals surface area contributed by atoms with Crippen molar-refractivity contribution in [2.24, 2.45) is 0 Å². The summed E-state index contributed by atoms with van der Waals surface area (Å²) in [5.74, 6) is 0.693. The molecular formula is C23H19Cl2F3N4O. The van der Waals surface area contributed by atoms with Crippen molar-refractivity contribution in [3.05, 3.63) is 75.4 Å². The smallest absolute Gasteiger partial charge is 0.353 e. The monoisotopic (exact) mass is 494 g/mol. The summed E-state index contributed by atoms with van der Waals surface area (Å²) >= 11 is 12.0. The lowest BCUT2D eigenvalue weighted by Crippen LogP contribution is -2.49. The summed E-state index contributed by atoms with van der Waals surface area (Å²) in [6.45, 7) is 3.73. The molecule has 0 spiro atoms. The van der Waals surface area contributed by atoms with Gasteiger partial charge in [-0.1, -0.05) is 35.3 Å². The number of hydrogen-bond acceptors (Lipinski definition) is 4. The fourth-order valence-electron chi connectivity index (χ4n) is 3.63. The van der Waals surface area contributed by atoms with Gasteiger partial charge >= 0.3 is 6.18 Å². The van der Waals surface area contributed by atoms with Gasteiger partial charge in [-0.2, -0.15) is 13.2 Å². The Morgan fingerprint density at radius 2 is 1.67 bits per heavy atom. The largest absolute Gasteiger partial charge is 0.416 e. The zero-order valence-electron chi connectivity index (χ0n) is 17.5. The van der Waals surface area contributed by atoms with Crippen LogP contribution in [0.1, 0.15) is 21.6 Å². The lowest BCUT2D eigenvalue weighted by molar-refractivity contribution is -0.137. The molecule has 0 unspecified atom stereocenters. The van der Waals surface area contributed by atoms with Gasteiger partial charge in [0.25, 0.3) is 5.91 Å². The second-order valence-electron chi connectivity index (χ2n) is 7.68. The van der Waals surface area contributed by atoms with Crippen molar-refractivity contribution in [3.8, 4) is 11.4 Å². The summed E-state index contributed by atoms with van der Waals surface area (Å²) in [6.07, 6.45) is -4.44. The van der Waals surface area contributed by atoms with Gasteiger partial charge < -0.3 is 9.80 Å². The number of alkyl halides is 3. The molecule has 33 heavy (non-hydrogen) atoms. The Morgan fingerprint density at radius 3 is 2.33 bits per heavy atom. The van der Waals surface area contributed by atoms with E-state index in [1.54, 1.807) is 42.2 Å². The standard InChI is InChI=1S/C23H19Cl2F3N4O/c1-14-11-20(30-21(29-14)15-3-2-4-17(12-15)23(26,27)28)31-7-9-32(10-8-31)22(33)16-5-6-18(24)19(25)13-16/h2-6,11-13H,7-10H2,1H3.